The van der Waals surface area contributed by atoms with Gasteiger partial charge in [-0.05, 0) is 48.6 Å². The molecule has 0 atom stereocenters. The van der Waals surface area contributed by atoms with E-state index in [1.54, 1.807) is 0 Å². The van der Waals surface area contributed by atoms with E-state index in [2.05, 4.69) is 0 Å². The Morgan fingerprint density at radius 3 is 2.15 bits per heavy atom. The zero-order chi connectivity index (χ0) is 24.4. The van der Waals surface area contributed by atoms with E-state index in [0.717, 1.165) is 18.9 Å². The molecular weight excluding hydrogens is 448 g/mol. The number of nitrogens with zero attached hydrogens (tertiary/aromatic N) is 2. The van der Waals surface area contributed by atoms with Crippen LogP contribution in [0.3, 0.4) is 0 Å². The molecule has 0 spiro atoms. The van der Waals surface area contributed by atoms with E-state index in [1.165, 1.54) is 40.7 Å². The Labute approximate surface area is 192 Å². The van der Waals surface area contributed by atoms with Gasteiger partial charge in [-0.3, -0.25) is 14.9 Å². The lowest BCUT2D eigenvalue weighted by Gasteiger charge is -2.19. The van der Waals surface area contributed by atoms with Crippen molar-refractivity contribution in [3.8, 4) is 0 Å². The Bertz CT molecular complexity index is 1180. The number of ketones is 1. The van der Waals surface area contributed by atoms with Gasteiger partial charge in [0.1, 0.15) is 0 Å². The highest BCUT2D eigenvalue weighted by atomic mass is 32.2. The molecule has 1 heterocycles. The maximum atomic E-state index is 12.6. The number of benzene rings is 2. The summed E-state index contributed by atoms with van der Waals surface area (Å²) in [5.41, 5.74) is -0.0520. The Morgan fingerprint density at radius 1 is 1.03 bits per heavy atom. The van der Waals surface area contributed by atoms with Gasteiger partial charge in [0.25, 0.3) is 5.69 Å². The van der Waals surface area contributed by atoms with Gasteiger partial charge >= 0.3 is 5.97 Å². The van der Waals surface area contributed by atoms with Crippen LogP contribution < -0.4 is 0 Å². The fourth-order valence-electron chi connectivity index (χ4n) is 3.63. The average Bonchev–Trinajstić information content (AvgIpc) is 3.32. The van der Waals surface area contributed by atoms with Gasteiger partial charge in [0.15, 0.2) is 12.4 Å². The van der Waals surface area contributed by atoms with Crippen LogP contribution in [0, 0.1) is 10.1 Å². The highest BCUT2D eigenvalue weighted by Crippen LogP contribution is 2.32. The molecule has 1 aliphatic heterocycles. The molecule has 1 fully saturated rings. The first-order valence-corrected chi connectivity index (χ1v) is 11.9. The first-order chi connectivity index (χ1) is 15.4. The molecule has 0 aromatic heterocycles. The van der Waals surface area contributed by atoms with Crippen molar-refractivity contribution in [3.05, 3.63) is 69.3 Å². The standard InChI is InChI=1S/C23H26N2O7S/c1-23(2,3)19-11-8-17(14-20(19)25(28)29)22(27)32-15-21(26)16-6-9-18(10-7-16)33(30,31)24-12-4-5-13-24/h6-11,14H,4-5,12-13,15H2,1-3H3. The van der Waals surface area contributed by atoms with Crippen molar-refractivity contribution in [2.45, 2.75) is 43.9 Å². The molecule has 0 saturated carbocycles. The maximum Gasteiger partial charge on any atom is 0.338 e. The summed E-state index contributed by atoms with van der Waals surface area (Å²) in [4.78, 5) is 35.8. The van der Waals surface area contributed by atoms with E-state index < -0.39 is 38.7 Å². The number of sulfonamides is 1. The molecule has 0 radical (unpaired) electrons. The van der Waals surface area contributed by atoms with E-state index in [0.29, 0.717) is 18.7 Å². The summed E-state index contributed by atoms with van der Waals surface area (Å²) >= 11 is 0. The number of Topliss-reactive ketones (excluding diaryl/α,β-unsaturated/α-hetero) is 1. The molecule has 2 aromatic carbocycles. The summed E-state index contributed by atoms with van der Waals surface area (Å²) in [6.45, 7) is 5.86. The van der Waals surface area contributed by atoms with Crippen LogP contribution in [0.4, 0.5) is 5.69 Å². The lowest BCUT2D eigenvalue weighted by molar-refractivity contribution is -0.386. The molecule has 0 amide bonds. The third-order valence-corrected chi connectivity index (χ3v) is 7.36. The molecule has 176 valence electrons. The van der Waals surface area contributed by atoms with E-state index in [1.807, 2.05) is 20.8 Å². The second-order valence-electron chi connectivity index (χ2n) is 8.87. The second kappa shape index (κ2) is 9.40. The van der Waals surface area contributed by atoms with Crippen molar-refractivity contribution < 1.29 is 27.7 Å². The van der Waals surface area contributed by atoms with Gasteiger partial charge in [0.05, 0.1) is 15.4 Å². The van der Waals surface area contributed by atoms with Gasteiger partial charge in [-0.2, -0.15) is 4.31 Å². The number of nitro groups is 1. The topological polar surface area (TPSA) is 124 Å². The summed E-state index contributed by atoms with van der Waals surface area (Å²) in [5, 5.41) is 11.4. The lowest BCUT2D eigenvalue weighted by atomic mass is 9.85. The van der Waals surface area contributed by atoms with Crippen LogP contribution in [-0.4, -0.2) is 49.1 Å². The number of carbonyl (C=O) groups is 2. The summed E-state index contributed by atoms with van der Waals surface area (Å²) < 4.78 is 31.6. The predicted molar refractivity (Wildman–Crippen MR) is 121 cm³/mol. The highest BCUT2D eigenvalue weighted by molar-refractivity contribution is 7.89. The van der Waals surface area contributed by atoms with Gasteiger partial charge in [-0.15, -0.1) is 0 Å². The van der Waals surface area contributed by atoms with Crippen LogP contribution in [-0.2, 0) is 20.2 Å². The number of hydrogen-bond acceptors (Lipinski definition) is 7. The van der Waals surface area contributed by atoms with Gasteiger partial charge in [0.2, 0.25) is 10.0 Å². The number of rotatable bonds is 7. The van der Waals surface area contributed by atoms with Gasteiger partial charge < -0.3 is 4.74 Å². The number of carbonyl (C=O) groups excluding carboxylic acids is 2. The van der Waals surface area contributed by atoms with Crippen molar-refractivity contribution in [3.63, 3.8) is 0 Å². The van der Waals surface area contributed by atoms with E-state index in [-0.39, 0.29) is 21.7 Å². The molecule has 0 aliphatic carbocycles. The SMILES string of the molecule is CC(C)(C)c1ccc(C(=O)OCC(=O)c2ccc(S(=O)(=O)N3CCCC3)cc2)cc1[N+](=O)[O-]. The molecule has 3 rings (SSSR count). The molecule has 2 aromatic rings. The van der Waals surface area contributed by atoms with Crippen LogP contribution in [0.2, 0.25) is 0 Å². The van der Waals surface area contributed by atoms with Crippen molar-refractivity contribution in [1.29, 1.82) is 0 Å². The summed E-state index contributed by atoms with van der Waals surface area (Å²) in [7, 11) is -3.59. The smallest absolute Gasteiger partial charge is 0.338 e. The van der Waals surface area contributed by atoms with Gasteiger partial charge in [-0.1, -0.05) is 26.8 Å². The third kappa shape index (κ3) is 5.45. The molecule has 1 aliphatic rings. The van der Waals surface area contributed by atoms with E-state index in [9.17, 15) is 28.1 Å². The van der Waals surface area contributed by atoms with Crippen LogP contribution in [0.1, 0.15) is 59.9 Å². The molecule has 10 heteroatoms. The van der Waals surface area contributed by atoms with E-state index in [4.69, 9.17) is 4.74 Å². The third-order valence-electron chi connectivity index (χ3n) is 5.45. The van der Waals surface area contributed by atoms with Crippen molar-refractivity contribution in [2.24, 2.45) is 0 Å². The van der Waals surface area contributed by atoms with Crippen molar-refractivity contribution in [1.82, 2.24) is 4.31 Å². The molecule has 0 bridgehead atoms. The van der Waals surface area contributed by atoms with Crippen LogP contribution in [0.15, 0.2) is 47.4 Å². The van der Waals surface area contributed by atoms with Crippen LogP contribution in [0.5, 0.6) is 0 Å². The molecule has 0 N–H and O–H groups in total. The van der Waals surface area contributed by atoms with Gasteiger partial charge in [-0.25, -0.2) is 13.2 Å². The molecule has 33 heavy (non-hydrogen) atoms. The summed E-state index contributed by atoms with van der Waals surface area (Å²) in [5.74, 6) is -1.38. The van der Waals surface area contributed by atoms with Crippen LogP contribution >= 0.6 is 0 Å². The predicted octanol–water partition coefficient (Wildman–Crippen LogP) is 3.72. The first-order valence-electron chi connectivity index (χ1n) is 10.5. The monoisotopic (exact) mass is 474 g/mol. The zero-order valence-electron chi connectivity index (χ0n) is 18.7. The number of ether oxygens (including phenoxy) is 1. The number of esters is 1. The largest absolute Gasteiger partial charge is 0.454 e. The Morgan fingerprint density at radius 2 is 1.61 bits per heavy atom. The molecule has 1 saturated heterocycles. The second-order valence-corrected chi connectivity index (χ2v) is 10.8. The molecule has 0 unspecified atom stereocenters. The highest BCUT2D eigenvalue weighted by Gasteiger charge is 2.28. The lowest BCUT2D eigenvalue weighted by Crippen LogP contribution is -2.27. The Hall–Kier alpha value is -3.11. The zero-order valence-corrected chi connectivity index (χ0v) is 19.6. The van der Waals surface area contributed by atoms with E-state index >= 15 is 0 Å². The fourth-order valence-corrected chi connectivity index (χ4v) is 5.15. The minimum atomic E-state index is -3.59. The first kappa shape index (κ1) is 24.5. The average molecular weight is 475 g/mol. The molecule has 9 nitrogen and oxygen atoms in total. The maximum absolute atomic E-state index is 12.6. The Balaban J connectivity index is 1.68. The normalized spacial score (nSPS) is 14.8. The number of nitro benzene ring substituents is 1. The van der Waals surface area contributed by atoms with Gasteiger partial charge in [0, 0.05) is 30.3 Å². The van der Waals surface area contributed by atoms with Crippen LogP contribution in [0.25, 0.3) is 0 Å². The van der Waals surface area contributed by atoms with Crippen molar-refractivity contribution in [2.75, 3.05) is 19.7 Å². The van der Waals surface area contributed by atoms with Crippen molar-refractivity contribution >= 4 is 27.5 Å². The summed E-state index contributed by atoms with van der Waals surface area (Å²) in [6.07, 6.45) is 1.65. The molecular formula is C23H26N2O7S. The number of hydrogen-bond donors (Lipinski definition) is 0. The Kier molecular flexibility index (Phi) is 6.99. The quantitative estimate of drug-likeness (QED) is 0.259. The minimum Gasteiger partial charge on any atom is -0.454 e. The summed E-state index contributed by atoms with van der Waals surface area (Å²) in [6, 6.07) is 9.55. The minimum absolute atomic E-state index is 0.0328. The fraction of sp³-hybridized carbons (Fsp3) is 0.391.